The van der Waals surface area contributed by atoms with Crippen molar-refractivity contribution in [1.82, 2.24) is 5.32 Å². The molecule has 3 aliphatic rings. The molecule has 0 amide bonds. The van der Waals surface area contributed by atoms with E-state index in [-0.39, 0.29) is 0 Å². The van der Waals surface area contributed by atoms with E-state index < -0.39 is 0 Å². The second kappa shape index (κ2) is 5.25. The van der Waals surface area contributed by atoms with Gasteiger partial charge in [-0.05, 0) is 25.2 Å². The highest BCUT2D eigenvalue weighted by Gasteiger charge is 2.46. The fraction of sp³-hybridized carbons (Fsp3) is 1.00. The maximum absolute atomic E-state index is 5.58. The van der Waals surface area contributed by atoms with E-state index in [1.165, 1.54) is 38.5 Å². The smallest absolute Gasteiger partial charge is 0.0620 e. The lowest BCUT2D eigenvalue weighted by atomic mass is 9.64. The Labute approximate surface area is 104 Å². The number of hydrogen-bond acceptors (Lipinski definition) is 3. The lowest BCUT2D eigenvalue weighted by molar-refractivity contribution is -0.164. The Balaban J connectivity index is 1.60. The molecule has 3 heteroatoms. The number of rotatable bonds is 3. The van der Waals surface area contributed by atoms with Gasteiger partial charge in [0.25, 0.3) is 0 Å². The molecule has 3 nitrogen and oxygen atoms in total. The molecular weight excluding hydrogens is 214 g/mol. The highest BCUT2D eigenvalue weighted by Crippen LogP contribution is 2.47. The van der Waals surface area contributed by atoms with Crippen LogP contribution in [0.2, 0.25) is 0 Å². The highest BCUT2D eigenvalue weighted by molar-refractivity contribution is 4.96. The second-order valence-corrected chi connectivity index (χ2v) is 6.12. The molecule has 0 radical (unpaired) electrons. The van der Waals surface area contributed by atoms with Crippen molar-refractivity contribution in [1.29, 1.82) is 0 Å². The zero-order valence-electron chi connectivity index (χ0n) is 10.7. The maximum atomic E-state index is 5.58. The molecule has 17 heavy (non-hydrogen) atoms. The summed E-state index contributed by atoms with van der Waals surface area (Å²) in [5.74, 6) is 0.911. The van der Waals surface area contributed by atoms with Crippen LogP contribution < -0.4 is 5.32 Å². The van der Waals surface area contributed by atoms with Gasteiger partial charge in [0.15, 0.2) is 0 Å². The first-order chi connectivity index (χ1) is 8.39. The Morgan fingerprint density at radius 1 is 1.06 bits per heavy atom. The molecule has 0 spiro atoms. The van der Waals surface area contributed by atoms with Crippen molar-refractivity contribution in [2.75, 3.05) is 33.0 Å². The first kappa shape index (κ1) is 11.9. The standard InChI is InChI=1S/C14H25NO2/c1-2-4-12(5-3-1)14(10-17-11-14)8-13-9-16-7-6-15-13/h12-13,15H,1-11H2. The van der Waals surface area contributed by atoms with E-state index in [4.69, 9.17) is 9.47 Å². The van der Waals surface area contributed by atoms with Gasteiger partial charge in [0.05, 0.1) is 26.4 Å². The van der Waals surface area contributed by atoms with Gasteiger partial charge in [-0.15, -0.1) is 0 Å². The average molecular weight is 239 g/mol. The summed E-state index contributed by atoms with van der Waals surface area (Å²) >= 11 is 0. The van der Waals surface area contributed by atoms with Crippen molar-refractivity contribution in [3.63, 3.8) is 0 Å². The zero-order chi connectivity index (χ0) is 11.6. The van der Waals surface area contributed by atoms with Crippen LogP contribution in [0, 0.1) is 11.3 Å². The molecule has 0 aromatic rings. The largest absolute Gasteiger partial charge is 0.380 e. The minimum absolute atomic E-state index is 0.485. The predicted octanol–water partition coefficient (Wildman–Crippen LogP) is 1.96. The Kier molecular flexibility index (Phi) is 3.69. The van der Waals surface area contributed by atoms with Gasteiger partial charge in [-0.3, -0.25) is 0 Å². The highest BCUT2D eigenvalue weighted by atomic mass is 16.5. The van der Waals surface area contributed by atoms with Gasteiger partial charge in [0.2, 0.25) is 0 Å². The van der Waals surface area contributed by atoms with E-state index in [1.807, 2.05) is 0 Å². The molecule has 98 valence electrons. The monoisotopic (exact) mass is 239 g/mol. The third-order valence-electron chi connectivity index (χ3n) is 4.90. The van der Waals surface area contributed by atoms with E-state index >= 15 is 0 Å². The van der Waals surface area contributed by atoms with Gasteiger partial charge in [0, 0.05) is 18.0 Å². The van der Waals surface area contributed by atoms with Crippen LogP contribution in [0.5, 0.6) is 0 Å². The minimum Gasteiger partial charge on any atom is -0.380 e. The third-order valence-corrected chi connectivity index (χ3v) is 4.90. The molecule has 1 atom stereocenters. The third kappa shape index (κ3) is 2.51. The van der Waals surface area contributed by atoms with Crippen LogP contribution in [0.25, 0.3) is 0 Å². The summed E-state index contributed by atoms with van der Waals surface area (Å²) in [6.45, 7) is 4.79. The summed E-state index contributed by atoms with van der Waals surface area (Å²) in [7, 11) is 0. The topological polar surface area (TPSA) is 30.5 Å². The summed E-state index contributed by atoms with van der Waals surface area (Å²) in [5, 5.41) is 3.60. The fourth-order valence-electron chi connectivity index (χ4n) is 3.84. The van der Waals surface area contributed by atoms with Crippen LogP contribution in [0.3, 0.4) is 0 Å². The van der Waals surface area contributed by atoms with Crippen LogP contribution in [0.15, 0.2) is 0 Å². The molecule has 1 N–H and O–H groups in total. The molecule has 1 aliphatic carbocycles. The lowest BCUT2D eigenvalue weighted by Gasteiger charge is -2.50. The summed E-state index contributed by atoms with van der Waals surface area (Å²) in [4.78, 5) is 0. The minimum atomic E-state index is 0.485. The van der Waals surface area contributed by atoms with Crippen LogP contribution in [0.4, 0.5) is 0 Å². The quantitative estimate of drug-likeness (QED) is 0.816. The molecule has 3 rings (SSSR count). The number of ether oxygens (including phenoxy) is 2. The summed E-state index contributed by atoms with van der Waals surface area (Å²) < 4.78 is 11.1. The number of morpholine rings is 1. The van der Waals surface area contributed by atoms with Gasteiger partial charge in [0.1, 0.15) is 0 Å². The van der Waals surface area contributed by atoms with Crippen molar-refractivity contribution in [3.8, 4) is 0 Å². The predicted molar refractivity (Wildman–Crippen MR) is 67.1 cm³/mol. The number of hydrogen-bond donors (Lipinski definition) is 1. The molecule has 2 heterocycles. The Bertz CT molecular complexity index is 241. The van der Waals surface area contributed by atoms with E-state index in [0.717, 1.165) is 38.9 Å². The van der Waals surface area contributed by atoms with Crippen molar-refractivity contribution in [2.45, 2.75) is 44.6 Å². The first-order valence-corrected chi connectivity index (χ1v) is 7.28. The van der Waals surface area contributed by atoms with E-state index in [9.17, 15) is 0 Å². The molecule has 0 bridgehead atoms. The SMILES string of the molecule is C1CCC(C2(CC3COCCN3)COC2)CC1. The van der Waals surface area contributed by atoms with Crippen LogP contribution >= 0.6 is 0 Å². The van der Waals surface area contributed by atoms with E-state index in [2.05, 4.69) is 5.32 Å². The van der Waals surface area contributed by atoms with Gasteiger partial charge in [-0.2, -0.15) is 0 Å². The van der Waals surface area contributed by atoms with Crippen molar-refractivity contribution in [2.24, 2.45) is 11.3 Å². The molecular formula is C14H25NO2. The van der Waals surface area contributed by atoms with Crippen LogP contribution in [-0.2, 0) is 9.47 Å². The van der Waals surface area contributed by atoms with E-state index in [1.54, 1.807) is 0 Å². The van der Waals surface area contributed by atoms with Crippen LogP contribution in [0.1, 0.15) is 38.5 Å². The molecule has 2 saturated heterocycles. The molecule has 1 saturated carbocycles. The zero-order valence-corrected chi connectivity index (χ0v) is 10.7. The summed E-state index contributed by atoms with van der Waals surface area (Å²) in [6.07, 6.45) is 8.42. The molecule has 2 aliphatic heterocycles. The normalized spacial score (nSPS) is 34.2. The van der Waals surface area contributed by atoms with Gasteiger partial charge >= 0.3 is 0 Å². The summed E-state index contributed by atoms with van der Waals surface area (Å²) in [5.41, 5.74) is 0.485. The molecule has 3 fully saturated rings. The molecule has 0 aromatic carbocycles. The Hall–Kier alpha value is -0.120. The molecule has 1 unspecified atom stereocenters. The van der Waals surface area contributed by atoms with Crippen molar-refractivity contribution >= 4 is 0 Å². The fourth-order valence-corrected chi connectivity index (χ4v) is 3.84. The first-order valence-electron chi connectivity index (χ1n) is 7.28. The maximum Gasteiger partial charge on any atom is 0.0620 e. The Morgan fingerprint density at radius 3 is 2.47 bits per heavy atom. The van der Waals surface area contributed by atoms with Crippen LogP contribution in [-0.4, -0.2) is 39.0 Å². The van der Waals surface area contributed by atoms with Gasteiger partial charge < -0.3 is 14.8 Å². The van der Waals surface area contributed by atoms with Crippen molar-refractivity contribution < 1.29 is 9.47 Å². The van der Waals surface area contributed by atoms with Gasteiger partial charge in [-0.1, -0.05) is 19.3 Å². The Morgan fingerprint density at radius 2 is 1.88 bits per heavy atom. The van der Waals surface area contributed by atoms with E-state index in [0.29, 0.717) is 11.5 Å². The number of nitrogens with one attached hydrogen (secondary N) is 1. The molecule has 0 aromatic heterocycles. The van der Waals surface area contributed by atoms with Crippen molar-refractivity contribution in [3.05, 3.63) is 0 Å². The lowest BCUT2D eigenvalue weighted by Crippen LogP contribution is -2.54. The summed E-state index contributed by atoms with van der Waals surface area (Å²) in [6, 6.07) is 0.564. The second-order valence-electron chi connectivity index (χ2n) is 6.12. The average Bonchev–Trinajstić information content (AvgIpc) is 2.36. The van der Waals surface area contributed by atoms with Gasteiger partial charge in [-0.25, -0.2) is 0 Å².